The Kier molecular flexibility index (Phi) is 8.82. The predicted octanol–water partition coefficient (Wildman–Crippen LogP) is 4.38. The van der Waals surface area contributed by atoms with Gasteiger partial charge in [0.25, 0.3) is 0 Å². The van der Waals surface area contributed by atoms with Crippen molar-refractivity contribution in [3.63, 3.8) is 0 Å². The molecule has 178 valence electrons. The number of imide groups is 1. The van der Waals surface area contributed by atoms with E-state index in [0.29, 0.717) is 18.8 Å². The van der Waals surface area contributed by atoms with E-state index in [1.165, 1.54) is 0 Å². The fourth-order valence-electron chi connectivity index (χ4n) is 2.69. The first-order valence-electron chi connectivity index (χ1n) is 10.5. The lowest BCUT2D eigenvalue weighted by Gasteiger charge is -2.28. The molecule has 10 nitrogen and oxygen atoms in total. The molecule has 0 spiro atoms. The summed E-state index contributed by atoms with van der Waals surface area (Å²) in [6, 6.07) is 0. The number of piperidine rings is 1. The van der Waals surface area contributed by atoms with Gasteiger partial charge < -0.3 is 19.2 Å². The van der Waals surface area contributed by atoms with Crippen molar-refractivity contribution in [1.82, 2.24) is 14.9 Å². The normalized spacial score (nSPS) is 14.6. The quantitative estimate of drug-likeness (QED) is 0.421. The zero-order valence-corrected chi connectivity index (χ0v) is 21.1. The number of anilines is 1. The van der Waals surface area contributed by atoms with Crippen molar-refractivity contribution < 1.29 is 23.9 Å². The van der Waals surface area contributed by atoms with E-state index in [0.717, 1.165) is 28.2 Å². The van der Waals surface area contributed by atoms with Gasteiger partial charge in [-0.2, -0.15) is 0 Å². The second-order valence-electron chi connectivity index (χ2n) is 9.29. The molecule has 0 radical (unpaired) electrons. The van der Waals surface area contributed by atoms with Crippen LogP contribution < -0.4 is 4.90 Å². The third kappa shape index (κ3) is 8.97. The Morgan fingerprint density at radius 2 is 1.53 bits per heavy atom. The number of hydrogen-bond acceptors (Lipinski definition) is 9. The van der Waals surface area contributed by atoms with Crippen LogP contribution in [0.4, 0.5) is 15.5 Å². The molecule has 0 aromatic carbocycles. The van der Waals surface area contributed by atoms with E-state index in [9.17, 15) is 9.59 Å². The molecule has 1 aliphatic rings. The van der Waals surface area contributed by atoms with Gasteiger partial charge in [0.1, 0.15) is 17.8 Å². The maximum Gasteiger partial charge on any atom is 0.419 e. The Balaban J connectivity index is 1.87. The molecule has 0 saturated carbocycles. The van der Waals surface area contributed by atoms with E-state index in [4.69, 9.17) is 14.3 Å². The van der Waals surface area contributed by atoms with Crippen molar-refractivity contribution in [2.45, 2.75) is 65.6 Å². The van der Waals surface area contributed by atoms with Crippen molar-refractivity contribution >= 4 is 39.8 Å². The van der Waals surface area contributed by atoms with Crippen LogP contribution in [0.15, 0.2) is 22.0 Å². The van der Waals surface area contributed by atoms with Crippen molar-refractivity contribution in [2.75, 3.05) is 31.1 Å². The van der Waals surface area contributed by atoms with Gasteiger partial charge >= 0.3 is 12.2 Å². The Morgan fingerprint density at radius 3 is 2.00 bits per heavy atom. The smallest absolute Gasteiger partial charge is 0.419 e. The summed E-state index contributed by atoms with van der Waals surface area (Å²) >= 11 is 3.33. The van der Waals surface area contributed by atoms with E-state index in [-0.39, 0.29) is 13.2 Å². The molecule has 11 heteroatoms. The number of rotatable bonds is 5. The maximum absolute atomic E-state index is 12.5. The van der Waals surface area contributed by atoms with Gasteiger partial charge in [-0.25, -0.2) is 24.5 Å². The number of nitrogens with zero attached hydrogens (tertiary/aromatic N) is 5. The molecule has 0 N–H and O–H groups in total. The minimum absolute atomic E-state index is 0.0293. The summed E-state index contributed by atoms with van der Waals surface area (Å²) in [4.78, 5) is 41.9. The van der Waals surface area contributed by atoms with Crippen LogP contribution in [0.25, 0.3) is 0 Å². The van der Waals surface area contributed by atoms with E-state index >= 15 is 0 Å². The van der Waals surface area contributed by atoms with E-state index in [1.54, 1.807) is 53.9 Å². The number of amides is 2. The molecular weight excluding hydrogens is 482 g/mol. The molecule has 32 heavy (non-hydrogen) atoms. The Morgan fingerprint density at radius 1 is 1.03 bits per heavy atom. The predicted molar refractivity (Wildman–Crippen MR) is 124 cm³/mol. The van der Waals surface area contributed by atoms with Gasteiger partial charge in [0.2, 0.25) is 5.95 Å². The van der Waals surface area contributed by atoms with Crippen molar-refractivity contribution in [3.8, 4) is 0 Å². The second kappa shape index (κ2) is 10.9. The lowest BCUT2D eigenvalue weighted by molar-refractivity contribution is -0.00439. The largest absolute Gasteiger partial charge is 0.443 e. The zero-order chi connectivity index (χ0) is 23.9. The monoisotopic (exact) mass is 513 g/mol. The molecule has 1 aliphatic heterocycles. The summed E-state index contributed by atoms with van der Waals surface area (Å²) in [5.74, 6) is 0.679. The summed E-state index contributed by atoms with van der Waals surface area (Å²) in [6.07, 6.45) is 3.28. The maximum atomic E-state index is 12.5. The first-order valence-corrected chi connectivity index (χ1v) is 11.3. The van der Waals surface area contributed by atoms with Crippen molar-refractivity contribution in [2.24, 2.45) is 5.16 Å². The van der Waals surface area contributed by atoms with Crippen LogP contribution >= 0.6 is 15.9 Å². The van der Waals surface area contributed by atoms with Gasteiger partial charge in [-0.15, -0.1) is 0 Å². The first-order chi connectivity index (χ1) is 14.8. The number of hydrogen-bond donors (Lipinski definition) is 0. The number of oxime groups is 1. The third-order valence-electron chi connectivity index (χ3n) is 4.06. The summed E-state index contributed by atoms with van der Waals surface area (Å²) in [5.41, 5.74) is -0.588. The number of carbonyl (C=O) groups excluding carboxylic acids is 2. The van der Waals surface area contributed by atoms with Crippen LogP contribution in [-0.2, 0) is 14.3 Å². The SMILES string of the molecule is CC(C)(C)OC(=O)N(CCON=C1CCN(c2ncc(Br)cn2)CC1)C(=O)OC(C)(C)C. The third-order valence-corrected chi connectivity index (χ3v) is 4.47. The molecule has 0 atom stereocenters. The highest BCUT2D eigenvalue weighted by molar-refractivity contribution is 9.10. The highest BCUT2D eigenvalue weighted by Crippen LogP contribution is 2.17. The summed E-state index contributed by atoms with van der Waals surface area (Å²) in [5, 5.41) is 4.18. The molecule has 2 heterocycles. The summed E-state index contributed by atoms with van der Waals surface area (Å²) in [6.45, 7) is 11.8. The average molecular weight is 514 g/mol. The fraction of sp³-hybridized carbons (Fsp3) is 0.667. The molecular formula is C21H32BrN5O5. The number of aromatic nitrogens is 2. The van der Waals surface area contributed by atoms with Gasteiger partial charge in [-0.05, 0) is 57.5 Å². The second-order valence-corrected chi connectivity index (χ2v) is 10.2. The molecule has 1 saturated heterocycles. The van der Waals surface area contributed by atoms with E-state index in [1.807, 2.05) is 0 Å². The van der Waals surface area contributed by atoms with Crippen LogP contribution in [-0.4, -0.2) is 70.2 Å². The fourth-order valence-corrected chi connectivity index (χ4v) is 2.89. The minimum atomic E-state index is -0.786. The highest BCUT2D eigenvalue weighted by atomic mass is 79.9. The number of ether oxygens (including phenoxy) is 2. The standard InChI is InChI=1S/C21H32BrN5O5/c1-20(2,3)31-18(28)27(19(29)32-21(4,5)6)11-12-30-25-16-7-9-26(10-8-16)17-23-13-15(22)14-24-17/h13-14H,7-12H2,1-6H3. The summed E-state index contributed by atoms with van der Waals surface area (Å²) < 4.78 is 11.5. The van der Waals surface area contributed by atoms with Gasteiger partial charge in [0.05, 0.1) is 16.7 Å². The Bertz CT molecular complexity index is 779. The number of carbonyl (C=O) groups is 2. The first kappa shape index (κ1) is 25.8. The molecule has 0 unspecified atom stereocenters. The van der Waals surface area contributed by atoms with E-state index in [2.05, 4.69) is 36.0 Å². The lowest BCUT2D eigenvalue weighted by Crippen LogP contribution is -2.45. The highest BCUT2D eigenvalue weighted by Gasteiger charge is 2.31. The molecule has 0 bridgehead atoms. The zero-order valence-electron chi connectivity index (χ0n) is 19.6. The van der Waals surface area contributed by atoms with Crippen molar-refractivity contribution in [1.29, 1.82) is 0 Å². The Hall–Kier alpha value is -2.43. The van der Waals surface area contributed by atoms with Crippen LogP contribution in [0, 0.1) is 0 Å². The van der Waals surface area contributed by atoms with Gasteiger partial charge in [0.15, 0.2) is 0 Å². The van der Waals surface area contributed by atoms with Crippen LogP contribution in [0.5, 0.6) is 0 Å². The molecule has 1 fully saturated rings. The molecule has 0 aliphatic carbocycles. The van der Waals surface area contributed by atoms with E-state index < -0.39 is 23.4 Å². The van der Waals surface area contributed by atoms with Crippen LogP contribution in [0.2, 0.25) is 0 Å². The summed E-state index contributed by atoms with van der Waals surface area (Å²) in [7, 11) is 0. The van der Waals surface area contributed by atoms with Crippen LogP contribution in [0.1, 0.15) is 54.4 Å². The van der Waals surface area contributed by atoms with Crippen LogP contribution in [0.3, 0.4) is 0 Å². The number of halogens is 1. The molecule has 1 aromatic rings. The Labute approximate surface area is 197 Å². The average Bonchev–Trinajstić information content (AvgIpc) is 2.66. The molecule has 2 rings (SSSR count). The van der Waals surface area contributed by atoms with Gasteiger partial charge in [-0.3, -0.25) is 0 Å². The lowest BCUT2D eigenvalue weighted by atomic mass is 10.1. The molecule has 2 amide bonds. The van der Waals surface area contributed by atoms with Crippen molar-refractivity contribution in [3.05, 3.63) is 16.9 Å². The topological polar surface area (TPSA) is 106 Å². The minimum Gasteiger partial charge on any atom is -0.443 e. The molecule has 1 aromatic heterocycles. The van der Waals surface area contributed by atoms with Gasteiger partial charge in [0, 0.05) is 38.3 Å². The van der Waals surface area contributed by atoms with Gasteiger partial charge in [-0.1, -0.05) is 5.16 Å².